The van der Waals surface area contributed by atoms with Crippen LogP contribution in [-0.2, 0) is 9.53 Å². The van der Waals surface area contributed by atoms with Crippen LogP contribution < -0.4 is 26.8 Å². The summed E-state index contributed by atoms with van der Waals surface area (Å²) in [5, 5.41) is 16.2. The number of aliphatic hydroxyl groups excluding tert-OH is 1. The van der Waals surface area contributed by atoms with E-state index < -0.39 is 24.1 Å². The molecule has 0 saturated heterocycles. The van der Waals surface area contributed by atoms with Gasteiger partial charge >= 0.3 is 0 Å². The van der Waals surface area contributed by atoms with Crippen molar-refractivity contribution < 1.29 is 24.2 Å². The summed E-state index contributed by atoms with van der Waals surface area (Å²) in [5.41, 5.74) is 11.9. The Kier molecular flexibility index (Phi) is 13.6. The molecule has 0 radical (unpaired) electrons. The SMILES string of the molecule is COCCCCOc1ccccc1C(=O)NC[C@@H](C[C@H](N)[C@@H](O)CNC(C)C(N)=O)C(C)C. The molecule has 1 unspecified atom stereocenters. The Morgan fingerprint density at radius 2 is 1.76 bits per heavy atom. The third-order valence-corrected chi connectivity index (χ3v) is 5.73. The summed E-state index contributed by atoms with van der Waals surface area (Å²) in [5.74, 6) is 0.162. The van der Waals surface area contributed by atoms with Crippen molar-refractivity contribution in [2.24, 2.45) is 23.3 Å². The third kappa shape index (κ3) is 11.0. The van der Waals surface area contributed by atoms with Gasteiger partial charge in [0.1, 0.15) is 5.75 Å². The topological polar surface area (TPSA) is 149 Å². The second-order valence-electron chi connectivity index (χ2n) is 8.76. The van der Waals surface area contributed by atoms with Crippen LogP contribution in [0.25, 0.3) is 0 Å². The number of ether oxygens (including phenoxy) is 2. The number of para-hydroxylation sites is 1. The van der Waals surface area contributed by atoms with E-state index in [2.05, 4.69) is 24.5 Å². The molecule has 0 saturated carbocycles. The first-order valence-corrected chi connectivity index (χ1v) is 11.6. The zero-order chi connectivity index (χ0) is 24.8. The van der Waals surface area contributed by atoms with Crippen LogP contribution in [0.1, 0.15) is 50.4 Å². The lowest BCUT2D eigenvalue weighted by atomic mass is 9.87. The first-order chi connectivity index (χ1) is 15.7. The molecular weight excluding hydrogens is 424 g/mol. The molecule has 0 bridgehead atoms. The quantitative estimate of drug-likeness (QED) is 0.215. The van der Waals surface area contributed by atoms with Crippen molar-refractivity contribution in [1.82, 2.24) is 10.6 Å². The number of benzene rings is 1. The molecule has 0 aliphatic carbocycles. The highest BCUT2D eigenvalue weighted by Gasteiger charge is 2.24. The smallest absolute Gasteiger partial charge is 0.255 e. The van der Waals surface area contributed by atoms with E-state index in [0.717, 1.165) is 12.8 Å². The van der Waals surface area contributed by atoms with E-state index in [1.54, 1.807) is 32.2 Å². The van der Waals surface area contributed by atoms with E-state index in [1.807, 2.05) is 6.07 Å². The number of primary amides is 1. The minimum absolute atomic E-state index is 0.0642. The number of carbonyl (C=O) groups is 2. The van der Waals surface area contributed by atoms with Gasteiger partial charge in [0.05, 0.1) is 24.3 Å². The maximum Gasteiger partial charge on any atom is 0.255 e. The van der Waals surface area contributed by atoms with E-state index in [4.69, 9.17) is 20.9 Å². The zero-order valence-corrected chi connectivity index (χ0v) is 20.4. The number of unbranched alkanes of at least 4 members (excludes halogenated alkanes) is 1. The predicted octanol–water partition coefficient (Wildman–Crippen LogP) is 1.04. The molecule has 0 aliphatic heterocycles. The first kappa shape index (κ1) is 28.8. The number of methoxy groups -OCH3 is 1. The van der Waals surface area contributed by atoms with Gasteiger partial charge in [-0.2, -0.15) is 0 Å². The minimum Gasteiger partial charge on any atom is -0.493 e. The van der Waals surface area contributed by atoms with Crippen molar-refractivity contribution >= 4 is 11.8 Å². The summed E-state index contributed by atoms with van der Waals surface area (Å²) in [6.07, 6.45) is 1.41. The molecule has 1 aromatic carbocycles. The minimum atomic E-state index is -0.837. The second kappa shape index (κ2) is 15.6. The van der Waals surface area contributed by atoms with Crippen molar-refractivity contribution in [2.75, 3.05) is 33.4 Å². The van der Waals surface area contributed by atoms with Gasteiger partial charge in [-0.15, -0.1) is 0 Å². The number of aliphatic hydroxyl groups is 1. The normalized spacial score (nSPS) is 15.0. The Hall–Kier alpha value is -2.20. The van der Waals surface area contributed by atoms with Crippen LogP contribution in [0.15, 0.2) is 24.3 Å². The summed E-state index contributed by atoms with van der Waals surface area (Å²) in [6.45, 7) is 7.52. The highest BCUT2D eigenvalue weighted by atomic mass is 16.5. The van der Waals surface area contributed by atoms with Crippen LogP contribution in [-0.4, -0.2) is 68.5 Å². The maximum atomic E-state index is 12.8. The molecule has 33 heavy (non-hydrogen) atoms. The van der Waals surface area contributed by atoms with Gasteiger partial charge in [0, 0.05) is 32.8 Å². The van der Waals surface area contributed by atoms with Crippen LogP contribution >= 0.6 is 0 Å². The van der Waals surface area contributed by atoms with E-state index in [0.29, 0.717) is 37.5 Å². The third-order valence-electron chi connectivity index (χ3n) is 5.73. The molecule has 1 aromatic rings. The summed E-state index contributed by atoms with van der Waals surface area (Å²) < 4.78 is 10.8. The summed E-state index contributed by atoms with van der Waals surface area (Å²) in [7, 11) is 1.67. The number of amides is 2. The number of carbonyl (C=O) groups excluding carboxylic acids is 2. The molecule has 0 aromatic heterocycles. The Labute approximate surface area is 197 Å². The van der Waals surface area contributed by atoms with Crippen LogP contribution in [0.5, 0.6) is 5.75 Å². The fourth-order valence-corrected chi connectivity index (χ4v) is 3.28. The molecular formula is C24H42N4O5. The van der Waals surface area contributed by atoms with Gasteiger partial charge in [0.15, 0.2) is 0 Å². The van der Waals surface area contributed by atoms with E-state index in [9.17, 15) is 14.7 Å². The van der Waals surface area contributed by atoms with Gasteiger partial charge in [-0.1, -0.05) is 26.0 Å². The van der Waals surface area contributed by atoms with Crippen molar-refractivity contribution in [3.8, 4) is 5.75 Å². The average molecular weight is 467 g/mol. The van der Waals surface area contributed by atoms with Crippen LogP contribution in [0, 0.1) is 11.8 Å². The van der Waals surface area contributed by atoms with Crippen LogP contribution in [0.4, 0.5) is 0 Å². The van der Waals surface area contributed by atoms with Gasteiger partial charge in [-0.25, -0.2) is 0 Å². The lowest BCUT2D eigenvalue weighted by molar-refractivity contribution is -0.119. The van der Waals surface area contributed by atoms with Gasteiger partial charge < -0.3 is 36.7 Å². The fraction of sp³-hybridized carbons (Fsp3) is 0.667. The van der Waals surface area contributed by atoms with Crippen LogP contribution in [0.3, 0.4) is 0 Å². The summed E-state index contributed by atoms with van der Waals surface area (Å²) >= 11 is 0. The number of nitrogens with two attached hydrogens (primary N) is 2. The fourth-order valence-electron chi connectivity index (χ4n) is 3.28. The first-order valence-electron chi connectivity index (χ1n) is 11.6. The monoisotopic (exact) mass is 466 g/mol. The molecule has 9 heteroatoms. The molecule has 0 heterocycles. The summed E-state index contributed by atoms with van der Waals surface area (Å²) in [4.78, 5) is 24.0. The van der Waals surface area contributed by atoms with E-state index in [-0.39, 0.29) is 24.3 Å². The summed E-state index contributed by atoms with van der Waals surface area (Å²) in [6, 6.07) is 6.12. The van der Waals surface area contributed by atoms with Crippen molar-refractivity contribution in [3.05, 3.63) is 29.8 Å². The highest BCUT2D eigenvalue weighted by Crippen LogP contribution is 2.20. The van der Waals surface area contributed by atoms with Gasteiger partial charge in [-0.3, -0.25) is 9.59 Å². The maximum absolute atomic E-state index is 12.8. The Bertz CT molecular complexity index is 716. The van der Waals surface area contributed by atoms with Gasteiger partial charge in [0.25, 0.3) is 5.91 Å². The lowest BCUT2D eigenvalue weighted by Crippen LogP contribution is -2.48. The Morgan fingerprint density at radius 1 is 1.09 bits per heavy atom. The standard InChI is InChI=1S/C24H42N4O5/c1-16(2)18(13-20(25)21(29)15-27-17(3)23(26)30)14-28-24(31)19-9-5-6-10-22(19)33-12-8-7-11-32-4/h5-6,9-10,16-18,20-21,27,29H,7-8,11-15,25H2,1-4H3,(H2,26,30)(H,28,31)/t17?,18-,20+,21+/m1/s1. The molecule has 9 nitrogen and oxygen atoms in total. The highest BCUT2D eigenvalue weighted by molar-refractivity contribution is 5.96. The molecule has 0 spiro atoms. The molecule has 0 aliphatic rings. The molecule has 1 rings (SSSR count). The lowest BCUT2D eigenvalue weighted by Gasteiger charge is -2.28. The van der Waals surface area contributed by atoms with Gasteiger partial charge in [0.2, 0.25) is 5.91 Å². The van der Waals surface area contributed by atoms with Gasteiger partial charge in [-0.05, 0) is 50.2 Å². The number of nitrogens with one attached hydrogen (secondary N) is 2. The Balaban J connectivity index is 2.61. The molecule has 0 fully saturated rings. The second-order valence-corrected chi connectivity index (χ2v) is 8.76. The predicted molar refractivity (Wildman–Crippen MR) is 129 cm³/mol. The van der Waals surface area contributed by atoms with Crippen molar-refractivity contribution in [2.45, 2.75) is 58.2 Å². The Morgan fingerprint density at radius 3 is 2.39 bits per heavy atom. The number of rotatable bonds is 17. The molecule has 7 N–H and O–H groups in total. The molecule has 188 valence electrons. The largest absolute Gasteiger partial charge is 0.493 e. The molecule has 4 atom stereocenters. The van der Waals surface area contributed by atoms with E-state index >= 15 is 0 Å². The average Bonchev–Trinajstić information content (AvgIpc) is 2.79. The van der Waals surface area contributed by atoms with Crippen LogP contribution in [0.2, 0.25) is 0 Å². The molecule has 2 amide bonds. The number of hydrogen-bond donors (Lipinski definition) is 5. The van der Waals surface area contributed by atoms with Crippen molar-refractivity contribution in [1.29, 1.82) is 0 Å². The number of hydrogen-bond acceptors (Lipinski definition) is 7. The van der Waals surface area contributed by atoms with Crippen molar-refractivity contribution in [3.63, 3.8) is 0 Å². The van der Waals surface area contributed by atoms with E-state index in [1.165, 1.54) is 0 Å². The zero-order valence-electron chi connectivity index (χ0n) is 20.4.